The van der Waals surface area contributed by atoms with Gasteiger partial charge in [0.15, 0.2) is 5.75 Å². The molecule has 0 spiro atoms. The predicted molar refractivity (Wildman–Crippen MR) is 101 cm³/mol. The molecule has 0 bridgehead atoms. The van der Waals surface area contributed by atoms with Crippen LogP contribution in [-0.2, 0) is 14.3 Å². The zero-order valence-corrected chi connectivity index (χ0v) is 16.1. The Morgan fingerprint density at radius 2 is 1.96 bits per heavy atom. The highest BCUT2D eigenvalue weighted by Crippen LogP contribution is 2.32. The van der Waals surface area contributed by atoms with Crippen LogP contribution in [0.15, 0.2) is 18.2 Å². The van der Waals surface area contributed by atoms with Crippen molar-refractivity contribution >= 4 is 41.5 Å². The molecule has 142 valence electrons. The Kier molecular flexibility index (Phi) is 11.2. The van der Waals surface area contributed by atoms with Gasteiger partial charge in [-0.2, -0.15) is 0 Å². The predicted octanol–water partition coefficient (Wildman–Crippen LogP) is 1.83. The highest BCUT2D eigenvalue weighted by molar-refractivity contribution is 6.32. The molecule has 1 aromatic rings. The molecule has 1 rings (SSSR count). The fourth-order valence-electron chi connectivity index (χ4n) is 1.76. The third kappa shape index (κ3) is 7.92. The third-order valence-corrected chi connectivity index (χ3v) is 3.52. The van der Waals surface area contributed by atoms with Crippen LogP contribution in [0.1, 0.15) is 13.8 Å². The maximum Gasteiger partial charge on any atom is 0.243 e. The number of hydrogen-bond acceptors (Lipinski definition) is 5. The number of halogens is 2. The number of nitrogens with two attached hydrogens (primary N) is 1. The first-order valence-electron chi connectivity index (χ1n) is 7.60. The Bertz CT molecular complexity index is 570. The molecular weight excluding hydrogens is 369 g/mol. The van der Waals surface area contributed by atoms with Crippen molar-refractivity contribution < 1.29 is 19.1 Å². The van der Waals surface area contributed by atoms with Gasteiger partial charge in [0.2, 0.25) is 11.8 Å². The van der Waals surface area contributed by atoms with Gasteiger partial charge in [-0.1, -0.05) is 31.5 Å². The molecule has 25 heavy (non-hydrogen) atoms. The molecule has 0 aliphatic carbocycles. The zero-order valence-electron chi connectivity index (χ0n) is 14.5. The Morgan fingerprint density at radius 3 is 2.56 bits per heavy atom. The summed E-state index contributed by atoms with van der Waals surface area (Å²) in [7, 11) is 1.56. The van der Waals surface area contributed by atoms with Crippen molar-refractivity contribution in [2.24, 2.45) is 11.7 Å². The molecule has 0 heterocycles. The van der Waals surface area contributed by atoms with Crippen molar-refractivity contribution in [1.82, 2.24) is 5.32 Å². The molecule has 0 fully saturated rings. The van der Waals surface area contributed by atoms with Gasteiger partial charge in [-0.15, -0.1) is 12.4 Å². The van der Waals surface area contributed by atoms with Crippen molar-refractivity contribution in [3.8, 4) is 5.75 Å². The molecule has 4 N–H and O–H groups in total. The molecule has 0 aromatic heterocycles. The van der Waals surface area contributed by atoms with Gasteiger partial charge in [-0.05, 0) is 18.1 Å². The molecule has 0 aliphatic rings. The highest BCUT2D eigenvalue weighted by Gasteiger charge is 2.18. The van der Waals surface area contributed by atoms with E-state index in [-0.39, 0.29) is 30.8 Å². The Balaban J connectivity index is 0.00000576. The largest absolute Gasteiger partial charge is 0.487 e. The van der Waals surface area contributed by atoms with Crippen LogP contribution in [-0.4, -0.2) is 44.7 Å². The second-order valence-electron chi connectivity index (χ2n) is 5.49. The SMILES string of the molecule is COCCOc1c(Cl)cccc1NC(=O)CNC(=O)[C@@H](N)C(C)C.Cl. The van der Waals surface area contributed by atoms with Crippen LogP contribution in [0.2, 0.25) is 5.02 Å². The van der Waals surface area contributed by atoms with E-state index in [1.165, 1.54) is 0 Å². The number of amides is 2. The van der Waals surface area contributed by atoms with E-state index in [9.17, 15) is 9.59 Å². The second-order valence-corrected chi connectivity index (χ2v) is 5.90. The van der Waals surface area contributed by atoms with Gasteiger partial charge >= 0.3 is 0 Å². The van der Waals surface area contributed by atoms with Crippen molar-refractivity contribution in [2.45, 2.75) is 19.9 Å². The van der Waals surface area contributed by atoms with Crippen molar-refractivity contribution in [1.29, 1.82) is 0 Å². The van der Waals surface area contributed by atoms with Crippen molar-refractivity contribution in [3.63, 3.8) is 0 Å². The standard InChI is InChI=1S/C16H24ClN3O4.ClH/c1-10(2)14(18)16(22)19-9-13(21)20-12-6-4-5-11(17)15(12)24-8-7-23-3;/h4-6,10,14H,7-9,18H2,1-3H3,(H,19,22)(H,20,21);1H/t14-;/m0./s1. The summed E-state index contributed by atoms with van der Waals surface area (Å²) >= 11 is 6.09. The minimum absolute atomic E-state index is 0. The lowest BCUT2D eigenvalue weighted by molar-refractivity contribution is -0.125. The number of carbonyl (C=O) groups excluding carboxylic acids is 2. The molecule has 9 heteroatoms. The molecule has 1 aromatic carbocycles. The average Bonchev–Trinajstić information content (AvgIpc) is 2.54. The first kappa shape index (κ1) is 23.5. The van der Waals surface area contributed by atoms with Crippen LogP contribution in [0.25, 0.3) is 0 Å². The van der Waals surface area contributed by atoms with E-state index in [2.05, 4.69) is 10.6 Å². The highest BCUT2D eigenvalue weighted by atomic mass is 35.5. The monoisotopic (exact) mass is 393 g/mol. The van der Waals surface area contributed by atoms with E-state index in [0.717, 1.165) is 0 Å². The van der Waals surface area contributed by atoms with Crippen LogP contribution in [0.4, 0.5) is 5.69 Å². The van der Waals surface area contributed by atoms with Crippen molar-refractivity contribution in [3.05, 3.63) is 23.2 Å². The first-order chi connectivity index (χ1) is 11.4. The Hall–Kier alpha value is -1.54. The van der Waals surface area contributed by atoms with Gasteiger partial charge in [0.05, 0.1) is 29.9 Å². The fourth-order valence-corrected chi connectivity index (χ4v) is 1.99. The van der Waals surface area contributed by atoms with Gasteiger partial charge in [0.25, 0.3) is 0 Å². The molecular formula is C16H25Cl2N3O4. The third-order valence-electron chi connectivity index (χ3n) is 3.22. The summed E-state index contributed by atoms with van der Waals surface area (Å²) in [6, 6.07) is 4.35. The Labute approximate surface area is 159 Å². The van der Waals surface area contributed by atoms with Crippen LogP contribution >= 0.6 is 24.0 Å². The number of para-hydroxylation sites is 1. The van der Waals surface area contributed by atoms with Gasteiger partial charge in [0.1, 0.15) is 6.61 Å². The number of methoxy groups -OCH3 is 1. The molecule has 0 saturated heterocycles. The number of hydrogen-bond donors (Lipinski definition) is 3. The topological polar surface area (TPSA) is 103 Å². The molecule has 0 unspecified atom stereocenters. The fraction of sp³-hybridized carbons (Fsp3) is 0.500. The van der Waals surface area contributed by atoms with E-state index in [4.69, 9.17) is 26.8 Å². The summed E-state index contributed by atoms with van der Waals surface area (Å²) in [4.78, 5) is 23.8. The lowest BCUT2D eigenvalue weighted by Crippen LogP contribution is -2.46. The zero-order chi connectivity index (χ0) is 18.1. The van der Waals surface area contributed by atoms with E-state index >= 15 is 0 Å². The number of ether oxygens (including phenoxy) is 2. The normalized spacial score (nSPS) is 11.4. The van der Waals surface area contributed by atoms with Crippen LogP contribution < -0.4 is 21.1 Å². The minimum atomic E-state index is -0.656. The number of benzene rings is 1. The molecule has 1 atom stereocenters. The second kappa shape index (κ2) is 11.9. The van der Waals surface area contributed by atoms with Gasteiger partial charge in [-0.3, -0.25) is 9.59 Å². The summed E-state index contributed by atoms with van der Waals surface area (Å²) in [6.07, 6.45) is 0. The smallest absolute Gasteiger partial charge is 0.243 e. The first-order valence-corrected chi connectivity index (χ1v) is 7.98. The molecule has 0 saturated carbocycles. The van der Waals surface area contributed by atoms with Gasteiger partial charge in [-0.25, -0.2) is 0 Å². The molecule has 7 nitrogen and oxygen atoms in total. The number of carbonyl (C=O) groups is 2. The maximum atomic E-state index is 12.0. The summed E-state index contributed by atoms with van der Waals surface area (Å²) in [5.74, 6) is -0.433. The number of rotatable bonds is 9. The van der Waals surface area contributed by atoms with Crippen LogP contribution in [0.5, 0.6) is 5.75 Å². The molecule has 0 aliphatic heterocycles. The molecule has 0 radical (unpaired) electrons. The van der Waals surface area contributed by atoms with Gasteiger partial charge in [0, 0.05) is 7.11 Å². The van der Waals surface area contributed by atoms with E-state index < -0.39 is 11.9 Å². The van der Waals surface area contributed by atoms with Crippen LogP contribution in [0.3, 0.4) is 0 Å². The minimum Gasteiger partial charge on any atom is -0.487 e. The lowest BCUT2D eigenvalue weighted by Gasteiger charge is -2.16. The van der Waals surface area contributed by atoms with E-state index in [1.54, 1.807) is 25.3 Å². The number of nitrogens with one attached hydrogen (secondary N) is 2. The quantitative estimate of drug-likeness (QED) is 0.555. The van der Waals surface area contributed by atoms with Crippen molar-refractivity contribution in [2.75, 3.05) is 32.2 Å². The Morgan fingerprint density at radius 1 is 1.28 bits per heavy atom. The van der Waals surface area contributed by atoms with E-state index in [0.29, 0.717) is 29.7 Å². The summed E-state index contributed by atoms with van der Waals surface area (Å²) in [6.45, 7) is 4.16. The van der Waals surface area contributed by atoms with E-state index in [1.807, 2.05) is 13.8 Å². The summed E-state index contributed by atoms with van der Waals surface area (Å²) < 4.78 is 10.4. The lowest BCUT2D eigenvalue weighted by atomic mass is 10.1. The van der Waals surface area contributed by atoms with Crippen LogP contribution in [0, 0.1) is 5.92 Å². The maximum absolute atomic E-state index is 12.0. The van der Waals surface area contributed by atoms with Gasteiger partial charge < -0.3 is 25.8 Å². The summed E-state index contributed by atoms with van der Waals surface area (Å²) in [5.41, 5.74) is 6.14. The average molecular weight is 394 g/mol. The number of anilines is 1. The summed E-state index contributed by atoms with van der Waals surface area (Å²) in [5, 5.41) is 5.53. The molecule has 2 amide bonds.